The van der Waals surface area contributed by atoms with Gasteiger partial charge in [-0.1, -0.05) is 13.8 Å². The predicted octanol–water partition coefficient (Wildman–Crippen LogP) is 0.558. The monoisotopic (exact) mass is 234 g/mol. The van der Waals surface area contributed by atoms with Crippen molar-refractivity contribution in [1.82, 2.24) is 29.6 Å². The summed E-state index contributed by atoms with van der Waals surface area (Å²) in [6, 6.07) is 0.464. The highest BCUT2D eigenvalue weighted by molar-refractivity contribution is 5.00. The third kappa shape index (κ3) is 3.13. The lowest BCUT2D eigenvalue weighted by molar-refractivity contribution is 0.561. The molecule has 2 heterocycles. The first-order valence-corrected chi connectivity index (χ1v) is 5.72. The fourth-order valence-corrected chi connectivity index (χ4v) is 1.56. The van der Waals surface area contributed by atoms with Crippen LogP contribution in [0.5, 0.6) is 0 Å². The first kappa shape index (κ1) is 11.8. The number of hydrogen-bond donors (Lipinski definition) is 1. The summed E-state index contributed by atoms with van der Waals surface area (Å²) in [5, 5.41) is 7.63. The average Bonchev–Trinajstić information content (AvgIpc) is 2.86. The van der Waals surface area contributed by atoms with E-state index in [4.69, 9.17) is 0 Å². The van der Waals surface area contributed by atoms with Crippen molar-refractivity contribution in [3.05, 3.63) is 30.4 Å². The smallest absolute Gasteiger partial charge is 0.170 e. The molecule has 17 heavy (non-hydrogen) atoms. The molecule has 0 bridgehead atoms. The Morgan fingerprint density at radius 2 is 2.18 bits per heavy atom. The zero-order chi connectivity index (χ0) is 12.3. The fourth-order valence-electron chi connectivity index (χ4n) is 1.56. The molecule has 0 radical (unpaired) electrons. The van der Waals surface area contributed by atoms with Crippen molar-refractivity contribution in [2.24, 2.45) is 7.05 Å². The molecule has 0 atom stereocenters. The molecule has 6 nitrogen and oxygen atoms in total. The Balaban J connectivity index is 2.03. The quantitative estimate of drug-likeness (QED) is 0.821. The molecule has 92 valence electrons. The minimum absolute atomic E-state index is 0.464. The van der Waals surface area contributed by atoms with Gasteiger partial charge in [0.05, 0.1) is 18.6 Å². The van der Waals surface area contributed by atoms with Gasteiger partial charge in [-0.3, -0.25) is 4.68 Å². The van der Waals surface area contributed by atoms with E-state index in [-0.39, 0.29) is 0 Å². The van der Waals surface area contributed by atoms with Crippen molar-refractivity contribution < 1.29 is 0 Å². The Hall–Kier alpha value is -1.69. The molecule has 2 aromatic rings. The minimum atomic E-state index is 0.464. The zero-order valence-corrected chi connectivity index (χ0v) is 10.5. The predicted molar refractivity (Wildman–Crippen MR) is 64.3 cm³/mol. The van der Waals surface area contributed by atoms with Crippen molar-refractivity contribution in [2.75, 3.05) is 0 Å². The van der Waals surface area contributed by atoms with Gasteiger partial charge in [0.15, 0.2) is 5.82 Å². The molecule has 0 aliphatic heterocycles. The minimum Gasteiger partial charge on any atom is -0.326 e. The van der Waals surface area contributed by atoms with Gasteiger partial charge in [0, 0.05) is 25.8 Å². The van der Waals surface area contributed by atoms with Gasteiger partial charge in [-0.25, -0.2) is 9.97 Å². The van der Waals surface area contributed by atoms with E-state index in [2.05, 4.69) is 38.8 Å². The number of nitrogens with one attached hydrogen (secondary N) is 1. The molecule has 0 aliphatic rings. The maximum Gasteiger partial charge on any atom is 0.170 e. The summed E-state index contributed by atoms with van der Waals surface area (Å²) in [5.74, 6) is 0.802. The van der Waals surface area contributed by atoms with Gasteiger partial charge in [-0.15, -0.1) is 0 Å². The van der Waals surface area contributed by atoms with Gasteiger partial charge < -0.3 is 9.88 Å². The van der Waals surface area contributed by atoms with Crippen LogP contribution in [0.3, 0.4) is 0 Å². The second kappa shape index (κ2) is 5.09. The summed E-state index contributed by atoms with van der Waals surface area (Å²) in [6.07, 6.45) is 5.39. The number of nitrogens with zero attached hydrogens (tertiary/aromatic N) is 5. The Morgan fingerprint density at radius 3 is 2.82 bits per heavy atom. The second-order valence-corrected chi connectivity index (χ2v) is 4.38. The third-order valence-electron chi connectivity index (χ3n) is 2.45. The number of imidazole rings is 1. The van der Waals surface area contributed by atoms with Crippen molar-refractivity contribution >= 4 is 0 Å². The van der Waals surface area contributed by atoms with Crippen molar-refractivity contribution in [1.29, 1.82) is 0 Å². The molecule has 6 heteroatoms. The lowest BCUT2D eigenvalue weighted by Gasteiger charge is -2.09. The molecular weight excluding hydrogens is 216 g/mol. The highest BCUT2D eigenvalue weighted by Gasteiger charge is 2.06. The first-order valence-electron chi connectivity index (χ1n) is 5.72. The summed E-state index contributed by atoms with van der Waals surface area (Å²) in [5.41, 5.74) is 1.14. The van der Waals surface area contributed by atoms with E-state index in [0.29, 0.717) is 12.6 Å². The van der Waals surface area contributed by atoms with Crippen LogP contribution in [0.1, 0.15) is 25.4 Å². The van der Waals surface area contributed by atoms with E-state index in [9.17, 15) is 0 Å². The molecule has 0 amide bonds. The highest BCUT2D eigenvalue weighted by atomic mass is 15.3. The summed E-state index contributed by atoms with van der Waals surface area (Å²) < 4.78 is 3.77. The molecular formula is C11H18N6. The molecule has 0 spiro atoms. The zero-order valence-electron chi connectivity index (χ0n) is 10.5. The number of hydrogen-bond acceptors (Lipinski definition) is 4. The lowest BCUT2D eigenvalue weighted by Crippen LogP contribution is -2.23. The summed E-state index contributed by atoms with van der Waals surface area (Å²) in [7, 11) is 1.87. The van der Waals surface area contributed by atoms with Gasteiger partial charge >= 0.3 is 0 Å². The van der Waals surface area contributed by atoms with E-state index in [1.54, 1.807) is 11.0 Å². The van der Waals surface area contributed by atoms with Crippen LogP contribution in [0.2, 0.25) is 0 Å². The third-order valence-corrected chi connectivity index (χ3v) is 2.45. The second-order valence-electron chi connectivity index (χ2n) is 4.38. The van der Waals surface area contributed by atoms with E-state index in [1.807, 2.05) is 19.6 Å². The van der Waals surface area contributed by atoms with E-state index < -0.39 is 0 Å². The molecule has 0 aromatic carbocycles. The lowest BCUT2D eigenvalue weighted by atomic mass is 10.3. The van der Waals surface area contributed by atoms with Crippen molar-refractivity contribution in [3.8, 4) is 0 Å². The first-order chi connectivity index (χ1) is 8.15. The topological polar surface area (TPSA) is 60.6 Å². The van der Waals surface area contributed by atoms with E-state index in [1.165, 1.54) is 0 Å². The van der Waals surface area contributed by atoms with Crippen molar-refractivity contribution in [3.63, 3.8) is 0 Å². The van der Waals surface area contributed by atoms with Crippen LogP contribution in [0, 0.1) is 0 Å². The molecule has 0 unspecified atom stereocenters. The van der Waals surface area contributed by atoms with Crippen LogP contribution in [0.15, 0.2) is 18.9 Å². The standard InChI is InChI=1S/C11H18N6/c1-9(2)13-5-10-4-12-7-17(10)6-11-14-8-16(3)15-11/h4,7-9,13H,5-6H2,1-3H3. The van der Waals surface area contributed by atoms with Crippen LogP contribution in [-0.4, -0.2) is 30.4 Å². The Bertz CT molecular complexity index is 470. The highest BCUT2D eigenvalue weighted by Crippen LogP contribution is 2.02. The molecule has 2 aromatic heterocycles. The van der Waals surface area contributed by atoms with Crippen LogP contribution in [0.25, 0.3) is 0 Å². The molecule has 0 saturated heterocycles. The van der Waals surface area contributed by atoms with Crippen LogP contribution >= 0.6 is 0 Å². The van der Waals surface area contributed by atoms with Gasteiger partial charge in [0.2, 0.25) is 0 Å². The summed E-state index contributed by atoms with van der Waals surface area (Å²) in [6.45, 7) is 5.72. The van der Waals surface area contributed by atoms with Crippen LogP contribution < -0.4 is 5.32 Å². The number of rotatable bonds is 5. The number of aromatic nitrogens is 5. The SMILES string of the molecule is CC(C)NCc1cncn1Cc1ncn(C)n1. The fraction of sp³-hybridized carbons (Fsp3) is 0.545. The Morgan fingerprint density at radius 1 is 1.35 bits per heavy atom. The molecule has 0 aliphatic carbocycles. The van der Waals surface area contributed by atoms with E-state index in [0.717, 1.165) is 18.1 Å². The molecule has 0 fully saturated rings. The van der Waals surface area contributed by atoms with Gasteiger partial charge in [0.1, 0.15) is 6.33 Å². The van der Waals surface area contributed by atoms with Gasteiger partial charge in [-0.2, -0.15) is 5.10 Å². The molecule has 0 saturated carbocycles. The Labute approximate surface area is 101 Å². The molecule has 1 N–H and O–H groups in total. The van der Waals surface area contributed by atoms with E-state index >= 15 is 0 Å². The number of aryl methyl sites for hydroxylation is 1. The van der Waals surface area contributed by atoms with Crippen LogP contribution in [-0.2, 0) is 20.1 Å². The normalized spacial score (nSPS) is 11.3. The van der Waals surface area contributed by atoms with Crippen LogP contribution in [0.4, 0.5) is 0 Å². The average molecular weight is 234 g/mol. The largest absolute Gasteiger partial charge is 0.326 e. The summed E-state index contributed by atoms with van der Waals surface area (Å²) in [4.78, 5) is 8.37. The maximum atomic E-state index is 4.26. The van der Waals surface area contributed by atoms with Gasteiger partial charge in [-0.05, 0) is 0 Å². The van der Waals surface area contributed by atoms with Crippen molar-refractivity contribution in [2.45, 2.75) is 33.0 Å². The molecule has 2 rings (SSSR count). The Kier molecular flexibility index (Phi) is 3.53. The maximum absolute atomic E-state index is 4.26. The van der Waals surface area contributed by atoms with Gasteiger partial charge in [0.25, 0.3) is 0 Å². The summed E-state index contributed by atoms with van der Waals surface area (Å²) >= 11 is 0.